The van der Waals surface area contributed by atoms with E-state index in [1.54, 1.807) is 0 Å². The summed E-state index contributed by atoms with van der Waals surface area (Å²) in [5.41, 5.74) is 5.70. The molecule has 1 spiro atoms. The van der Waals surface area contributed by atoms with Crippen molar-refractivity contribution < 1.29 is 14.6 Å². The first-order valence-corrected chi connectivity index (χ1v) is 4.98. The summed E-state index contributed by atoms with van der Waals surface area (Å²) in [5, 5.41) is 16.4. The quantitative estimate of drug-likeness (QED) is 0.553. The Balaban J connectivity index is 2.26. The molecule has 5 nitrogen and oxygen atoms in total. The summed E-state index contributed by atoms with van der Waals surface area (Å²) in [6.07, 6.45) is 3.46. The van der Waals surface area contributed by atoms with Crippen LogP contribution in [0, 0.1) is 5.41 Å². The lowest BCUT2D eigenvalue weighted by atomic mass is 9.73. The molecule has 0 aromatic heterocycles. The molecule has 2 rings (SSSR count). The molecular weight excluding hydrogens is 196 g/mol. The van der Waals surface area contributed by atoms with E-state index in [0.29, 0.717) is 12.0 Å². The minimum atomic E-state index is -1.15. The molecule has 1 aliphatic carbocycles. The number of carbonyl (C=O) groups is 1. The van der Waals surface area contributed by atoms with Gasteiger partial charge in [0, 0.05) is 12.0 Å². The standard InChI is InChI=1S/C10H14N2O3/c11-7-5-15-10(2-1-3-10)4-6(7)8(12)9(13)14/h11H,1-5,12H2,(H,13,14). The second-order valence-electron chi connectivity index (χ2n) is 4.18. The number of aliphatic carboxylic acids is 1. The molecule has 2 aliphatic rings. The Morgan fingerprint density at radius 2 is 2.20 bits per heavy atom. The average molecular weight is 210 g/mol. The van der Waals surface area contributed by atoms with E-state index in [9.17, 15) is 4.79 Å². The van der Waals surface area contributed by atoms with Gasteiger partial charge in [0.15, 0.2) is 0 Å². The van der Waals surface area contributed by atoms with E-state index in [4.69, 9.17) is 21.0 Å². The molecule has 1 saturated carbocycles. The van der Waals surface area contributed by atoms with Gasteiger partial charge in [0.1, 0.15) is 5.70 Å². The topological polar surface area (TPSA) is 96.4 Å². The molecule has 0 aromatic carbocycles. The highest BCUT2D eigenvalue weighted by molar-refractivity contribution is 6.05. The maximum Gasteiger partial charge on any atom is 0.352 e. The molecule has 0 radical (unpaired) electrons. The molecular formula is C10H14N2O3. The van der Waals surface area contributed by atoms with Crippen molar-refractivity contribution >= 4 is 11.7 Å². The lowest BCUT2D eigenvalue weighted by Gasteiger charge is -2.45. The minimum absolute atomic E-state index is 0.184. The lowest BCUT2D eigenvalue weighted by Crippen LogP contribution is -2.47. The van der Waals surface area contributed by atoms with Gasteiger partial charge in [0.25, 0.3) is 0 Å². The van der Waals surface area contributed by atoms with Crippen LogP contribution < -0.4 is 5.73 Å². The molecule has 82 valence electrons. The number of nitrogens with one attached hydrogen (secondary N) is 1. The molecule has 4 N–H and O–H groups in total. The molecule has 0 unspecified atom stereocenters. The van der Waals surface area contributed by atoms with Crippen molar-refractivity contribution in [1.29, 1.82) is 5.41 Å². The van der Waals surface area contributed by atoms with E-state index in [2.05, 4.69) is 0 Å². The number of carboxylic acid groups (broad SMARTS) is 1. The number of ether oxygens (including phenoxy) is 1. The Morgan fingerprint density at radius 3 is 2.67 bits per heavy atom. The van der Waals surface area contributed by atoms with E-state index in [1.807, 2.05) is 0 Å². The van der Waals surface area contributed by atoms with Gasteiger partial charge in [0.2, 0.25) is 0 Å². The maximum atomic E-state index is 10.7. The third-order valence-corrected chi connectivity index (χ3v) is 3.21. The van der Waals surface area contributed by atoms with Crippen LogP contribution in [0.15, 0.2) is 11.3 Å². The van der Waals surface area contributed by atoms with Gasteiger partial charge in [-0.05, 0) is 19.3 Å². The largest absolute Gasteiger partial charge is 0.477 e. The molecule has 0 aromatic rings. The van der Waals surface area contributed by atoms with Crippen LogP contribution in [-0.2, 0) is 9.53 Å². The lowest BCUT2D eigenvalue weighted by molar-refractivity contribution is -0.132. The first-order chi connectivity index (χ1) is 7.04. The fourth-order valence-corrected chi connectivity index (χ4v) is 2.07. The van der Waals surface area contributed by atoms with Crippen molar-refractivity contribution in [3.63, 3.8) is 0 Å². The molecule has 2 fully saturated rings. The van der Waals surface area contributed by atoms with Crippen LogP contribution >= 0.6 is 0 Å². The van der Waals surface area contributed by atoms with Crippen LogP contribution in [0.3, 0.4) is 0 Å². The summed E-state index contributed by atoms with van der Waals surface area (Å²) < 4.78 is 5.57. The van der Waals surface area contributed by atoms with Crippen LogP contribution in [-0.4, -0.2) is 29.0 Å². The Morgan fingerprint density at radius 1 is 1.53 bits per heavy atom. The van der Waals surface area contributed by atoms with E-state index in [0.717, 1.165) is 19.3 Å². The summed E-state index contributed by atoms with van der Waals surface area (Å²) in [6, 6.07) is 0. The van der Waals surface area contributed by atoms with Crippen molar-refractivity contribution in [3.05, 3.63) is 11.3 Å². The van der Waals surface area contributed by atoms with E-state index < -0.39 is 5.97 Å². The van der Waals surface area contributed by atoms with Crippen molar-refractivity contribution in [2.75, 3.05) is 6.61 Å². The van der Waals surface area contributed by atoms with Crippen molar-refractivity contribution in [1.82, 2.24) is 0 Å². The molecule has 5 heteroatoms. The number of rotatable bonds is 1. The first kappa shape index (κ1) is 10.2. The van der Waals surface area contributed by atoms with Gasteiger partial charge in [-0.25, -0.2) is 4.79 Å². The van der Waals surface area contributed by atoms with Gasteiger partial charge in [0.05, 0.1) is 17.9 Å². The second kappa shape index (κ2) is 3.34. The highest BCUT2D eigenvalue weighted by Gasteiger charge is 2.43. The summed E-state index contributed by atoms with van der Waals surface area (Å²) >= 11 is 0. The highest BCUT2D eigenvalue weighted by atomic mass is 16.5. The third-order valence-electron chi connectivity index (χ3n) is 3.21. The molecule has 1 heterocycles. The van der Waals surface area contributed by atoms with E-state index >= 15 is 0 Å². The normalized spacial score (nSPS) is 27.3. The van der Waals surface area contributed by atoms with Crippen molar-refractivity contribution in [2.24, 2.45) is 5.73 Å². The van der Waals surface area contributed by atoms with Crippen LogP contribution in [0.4, 0.5) is 0 Å². The maximum absolute atomic E-state index is 10.7. The average Bonchev–Trinajstić information content (AvgIpc) is 2.15. The number of hydrogen-bond donors (Lipinski definition) is 3. The third kappa shape index (κ3) is 1.63. The fraction of sp³-hybridized carbons (Fsp3) is 0.600. The summed E-state index contributed by atoms with van der Waals surface area (Å²) in [4.78, 5) is 10.7. The SMILES string of the molecule is N=C1COC2(CCC2)CC1=C(N)C(=O)O. The molecule has 0 atom stereocenters. The van der Waals surface area contributed by atoms with Crippen molar-refractivity contribution in [2.45, 2.75) is 31.3 Å². The number of carboxylic acids is 1. The molecule has 0 bridgehead atoms. The molecule has 15 heavy (non-hydrogen) atoms. The Bertz CT molecular complexity index is 356. The van der Waals surface area contributed by atoms with Crippen molar-refractivity contribution in [3.8, 4) is 0 Å². The summed E-state index contributed by atoms with van der Waals surface area (Å²) in [5.74, 6) is -1.15. The van der Waals surface area contributed by atoms with Gasteiger partial charge in [-0.15, -0.1) is 0 Å². The number of nitrogens with two attached hydrogens (primary N) is 1. The first-order valence-electron chi connectivity index (χ1n) is 4.98. The highest BCUT2D eigenvalue weighted by Crippen LogP contribution is 2.43. The predicted molar refractivity (Wildman–Crippen MR) is 53.7 cm³/mol. The Hall–Kier alpha value is -1.36. The Labute approximate surface area is 87.4 Å². The van der Waals surface area contributed by atoms with Crippen LogP contribution in [0.25, 0.3) is 0 Å². The number of hydrogen-bond acceptors (Lipinski definition) is 4. The monoisotopic (exact) mass is 210 g/mol. The zero-order valence-corrected chi connectivity index (χ0v) is 8.38. The van der Waals surface area contributed by atoms with Gasteiger partial charge < -0.3 is 21.0 Å². The molecule has 0 amide bonds. The molecule has 1 aliphatic heterocycles. The van der Waals surface area contributed by atoms with Gasteiger partial charge in [-0.2, -0.15) is 0 Å². The van der Waals surface area contributed by atoms with Crippen LogP contribution in [0.1, 0.15) is 25.7 Å². The van der Waals surface area contributed by atoms with E-state index in [-0.39, 0.29) is 23.6 Å². The second-order valence-corrected chi connectivity index (χ2v) is 4.18. The zero-order chi connectivity index (χ0) is 11.1. The van der Waals surface area contributed by atoms with Gasteiger partial charge in [-0.3, -0.25) is 0 Å². The molecule has 1 saturated heterocycles. The van der Waals surface area contributed by atoms with Gasteiger partial charge in [-0.1, -0.05) is 0 Å². The summed E-state index contributed by atoms with van der Waals surface area (Å²) in [6.45, 7) is 0.184. The summed E-state index contributed by atoms with van der Waals surface area (Å²) in [7, 11) is 0. The zero-order valence-electron chi connectivity index (χ0n) is 8.38. The van der Waals surface area contributed by atoms with E-state index in [1.165, 1.54) is 0 Å². The van der Waals surface area contributed by atoms with Crippen LogP contribution in [0.2, 0.25) is 0 Å². The van der Waals surface area contributed by atoms with Gasteiger partial charge >= 0.3 is 5.97 Å². The minimum Gasteiger partial charge on any atom is -0.477 e. The fourth-order valence-electron chi connectivity index (χ4n) is 2.07. The van der Waals surface area contributed by atoms with Crippen LogP contribution in [0.5, 0.6) is 0 Å². The predicted octanol–water partition coefficient (Wildman–Crippen LogP) is 0.647. The smallest absolute Gasteiger partial charge is 0.352 e. The Kier molecular flexibility index (Phi) is 2.26.